The van der Waals surface area contributed by atoms with Crippen LogP contribution >= 0.6 is 0 Å². The van der Waals surface area contributed by atoms with E-state index in [-0.39, 0.29) is 5.95 Å². The maximum atomic E-state index is 6.03. The van der Waals surface area contributed by atoms with E-state index in [4.69, 9.17) is 15.9 Å². The van der Waals surface area contributed by atoms with E-state index in [0.29, 0.717) is 19.0 Å². The number of aryl methyl sites for hydroxylation is 1. The summed E-state index contributed by atoms with van der Waals surface area (Å²) in [7, 11) is 1.94. The molecule has 4 N–H and O–H groups in total. The smallest absolute Gasteiger partial charge is 0.222 e. The molecule has 6 nitrogen and oxygen atoms in total. The number of fused-ring (bicyclic) bond motifs is 3. The maximum Gasteiger partial charge on any atom is 0.222 e. The van der Waals surface area contributed by atoms with Gasteiger partial charge in [-0.15, -0.1) is 0 Å². The summed E-state index contributed by atoms with van der Waals surface area (Å²) in [6, 6.07) is 0. The van der Waals surface area contributed by atoms with Crippen molar-refractivity contribution in [3.8, 4) is 0 Å². The fourth-order valence-electron chi connectivity index (χ4n) is 2.87. The van der Waals surface area contributed by atoms with Crippen molar-refractivity contribution in [3.05, 3.63) is 11.3 Å². The van der Waals surface area contributed by atoms with Crippen molar-refractivity contribution in [1.82, 2.24) is 9.97 Å². The molecule has 20 heavy (non-hydrogen) atoms. The Morgan fingerprint density at radius 2 is 2.20 bits per heavy atom. The highest BCUT2D eigenvalue weighted by atomic mass is 16.3. The van der Waals surface area contributed by atoms with Gasteiger partial charge in [0.25, 0.3) is 0 Å². The van der Waals surface area contributed by atoms with Crippen LogP contribution < -0.4 is 16.4 Å². The molecule has 0 spiro atoms. The molecule has 1 aliphatic rings. The normalized spacial score (nSPS) is 18.2. The van der Waals surface area contributed by atoms with Crippen LogP contribution in [0.1, 0.15) is 24.7 Å². The van der Waals surface area contributed by atoms with Gasteiger partial charge in [-0.2, -0.15) is 4.98 Å². The number of anilines is 2. The van der Waals surface area contributed by atoms with Crippen molar-refractivity contribution in [2.45, 2.75) is 26.2 Å². The number of nitrogens with zero attached hydrogens (tertiary/aromatic N) is 3. The van der Waals surface area contributed by atoms with Crippen LogP contribution in [0.4, 0.5) is 11.8 Å². The minimum Gasteiger partial charge on any atom is -0.455 e. The minimum absolute atomic E-state index is 0.290. The van der Waals surface area contributed by atoms with E-state index in [9.17, 15) is 0 Å². The van der Waals surface area contributed by atoms with Crippen LogP contribution in [-0.2, 0) is 12.8 Å². The van der Waals surface area contributed by atoms with Gasteiger partial charge in [-0.1, -0.05) is 6.92 Å². The summed E-state index contributed by atoms with van der Waals surface area (Å²) >= 11 is 0. The van der Waals surface area contributed by atoms with Gasteiger partial charge in [-0.05, 0) is 18.8 Å². The number of furan rings is 1. The minimum atomic E-state index is 0.290. The predicted octanol–water partition coefficient (Wildman–Crippen LogP) is 1.32. The van der Waals surface area contributed by atoms with E-state index in [0.717, 1.165) is 41.9 Å². The van der Waals surface area contributed by atoms with Gasteiger partial charge in [-0.25, -0.2) is 4.98 Å². The standard InChI is InChI=1S/C14H21N5O/c1-8-3-4-10-9(7-8)11-12(20-10)13(18-14(16)17-11)19(2)6-5-15/h8H,3-7,15H2,1-2H3,(H2,16,17,18). The molecule has 0 saturated carbocycles. The lowest BCUT2D eigenvalue weighted by molar-refractivity contribution is 0.438. The number of hydrogen-bond donors (Lipinski definition) is 2. The number of hydrogen-bond acceptors (Lipinski definition) is 6. The Kier molecular flexibility index (Phi) is 3.25. The average Bonchev–Trinajstić information content (AvgIpc) is 2.76. The molecule has 0 bridgehead atoms. The van der Waals surface area contributed by atoms with Crippen LogP contribution in [0, 0.1) is 5.92 Å². The lowest BCUT2D eigenvalue weighted by Crippen LogP contribution is -2.26. The maximum absolute atomic E-state index is 6.03. The summed E-state index contributed by atoms with van der Waals surface area (Å²) in [6.07, 6.45) is 3.12. The van der Waals surface area contributed by atoms with Gasteiger partial charge in [0.1, 0.15) is 11.3 Å². The third-order valence-electron chi connectivity index (χ3n) is 3.96. The molecule has 2 aromatic heterocycles. The molecule has 1 unspecified atom stereocenters. The number of nitrogen functional groups attached to an aromatic ring is 1. The summed E-state index contributed by atoms with van der Waals surface area (Å²) in [4.78, 5) is 10.7. The number of likely N-dealkylation sites (N-methyl/N-ethyl adjacent to an activating group) is 1. The van der Waals surface area contributed by atoms with Crippen LogP contribution in [0.3, 0.4) is 0 Å². The molecule has 1 atom stereocenters. The first-order valence-corrected chi connectivity index (χ1v) is 7.09. The van der Waals surface area contributed by atoms with Gasteiger partial charge in [0.15, 0.2) is 11.4 Å². The van der Waals surface area contributed by atoms with Gasteiger partial charge in [0.2, 0.25) is 5.95 Å². The predicted molar refractivity (Wildman–Crippen MR) is 79.7 cm³/mol. The highest BCUT2D eigenvalue weighted by Gasteiger charge is 2.26. The fourth-order valence-corrected chi connectivity index (χ4v) is 2.87. The second-order valence-corrected chi connectivity index (χ2v) is 5.65. The van der Waals surface area contributed by atoms with Gasteiger partial charge in [0.05, 0.1) is 0 Å². The molecule has 0 amide bonds. The Morgan fingerprint density at radius 3 is 2.95 bits per heavy atom. The lowest BCUT2D eigenvalue weighted by Gasteiger charge is -2.17. The fraction of sp³-hybridized carbons (Fsp3) is 0.571. The summed E-state index contributed by atoms with van der Waals surface area (Å²) in [5.74, 6) is 2.73. The summed E-state index contributed by atoms with van der Waals surface area (Å²) in [5.41, 5.74) is 14.3. The van der Waals surface area contributed by atoms with Crippen LogP contribution in [0.2, 0.25) is 0 Å². The molecule has 0 radical (unpaired) electrons. The van der Waals surface area contributed by atoms with E-state index in [1.54, 1.807) is 0 Å². The second-order valence-electron chi connectivity index (χ2n) is 5.65. The van der Waals surface area contributed by atoms with Crippen molar-refractivity contribution in [2.24, 2.45) is 11.7 Å². The molecule has 0 aromatic carbocycles. The Bertz CT molecular complexity index is 636. The van der Waals surface area contributed by atoms with E-state index in [2.05, 4.69) is 16.9 Å². The topological polar surface area (TPSA) is 94.2 Å². The molecule has 0 fully saturated rings. The molecular formula is C14H21N5O. The van der Waals surface area contributed by atoms with Crippen molar-refractivity contribution >= 4 is 22.9 Å². The first-order chi connectivity index (χ1) is 9.60. The summed E-state index contributed by atoms with van der Waals surface area (Å²) in [5, 5.41) is 0. The molecule has 0 saturated heterocycles. The third kappa shape index (κ3) is 2.10. The average molecular weight is 275 g/mol. The van der Waals surface area contributed by atoms with Crippen LogP contribution in [0.15, 0.2) is 4.42 Å². The van der Waals surface area contributed by atoms with E-state index in [1.807, 2.05) is 11.9 Å². The molecule has 2 aromatic rings. The second kappa shape index (κ2) is 4.94. The van der Waals surface area contributed by atoms with Crippen molar-refractivity contribution in [1.29, 1.82) is 0 Å². The first-order valence-electron chi connectivity index (χ1n) is 7.09. The zero-order chi connectivity index (χ0) is 14.3. The molecule has 0 aliphatic heterocycles. The van der Waals surface area contributed by atoms with Crippen LogP contribution in [0.25, 0.3) is 11.1 Å². The van der Waals surface area contributed by atoms with Gasteiger partial charge >= 0.3 is 0 Å². The zero-order valence-corrected chi connectivity index (χ0v) is 12.0. The van der Waals surface area contributed by atoms with Crippen LogP contribution in [0.5, 0.6) is 0 Å². The third-order valence-corrected chi connectivity index (χ3v) is 3.96. The Hall–Kier alpha value is -1.82. The van der Waals surface area contributed by atoms with Gasteiger partial charge < -0.3 is 20.8 Å². The van der Waals surface area contributed by atoms with Gasteiger partial charge in [-0.3, -0.25) is 0 Å². The van der Waals surface area contributed by atoms with Crippen LogP contribution in [-0.4, -0.2) is 30.1 Å². The van der Waals surface area contributed by atoms with Crippen molar-refractivity contribution < 1.29 is 4.42 Å². The quantitative estimate of drug-likeness (QED) is 0.877. The molecule has 6 heteroatoms. The van der Waals surface area contributed by atoms with E-state index < -0.39 is 0 Å². The van der Waals surface area contributed by atoms with Gasteiger partial charge in [0, 0.05) is 32.1 Å². The SMILES string of the molecule is CC1CCc2oc3c(N(C)CCN)nc(N)nc3c2C1. The first kappa shape index (κ1) is 13.2. The molecule has 108 valence electrons. The summed E-state index contributed by atoms with van der Waals surface area (Å²) in [6.45, 7) is 3.51. The largest absolute Gasteiger partial charge is 0.455 e. The number of nitrogens with two attached hydrogens (primary N) is 2. The molecule has 3 rings (SSSR count). The Morgan fingerprint density at radius 1 is 1.40 bits per heavy atom. The monoisotopic (exact) mass is 275 g/mol. The molecular weight excluding hydrogens is 254 g/mol. The lowest BCUT2D eigenvalue weighted by atomic mass is 9.89. The van der Waals surface area contributed by atoms with Crippen molar-refractivity contribution in [2.75, 3.05) is 30.8 Å². The van der Waals surface area contributed by atoms with Crippen molar-refractivity contribution in [3.63, 3.8) is 0 Å². The number of rotatable bonds is 3. The zero-order valence-electron chi connectivity index (χ0n) is 12.0. The molecule has 2 heterocycles. The Labute approximate surface area is 118 Å². The highest BCUT2D eigenvalue weighted by molar-refractivity contribution is 5.88. The van der Waals surface area contributed by atoms with E-state index in [1.165, 1.54) is 5.56 Å². The molecule has 1 aliphatic carbocycles. The Balaban J connectivity index is 2.17. The summed E-state index contributed by atoms with van der Waals surface area (Å²) < 4.78 is 6.03. The highest BCUT2D eigenvalue weighted by Crippen LogP contribution is 2.36. The number of aromatic nitrogens is 2. The van der Waals surface area contributed by atoms with E-state index >= 15 is 0 Å².